The first kappa shape index (κ1) is 28.9. The van der Waals surface area contributed by atoms with Crippen LogP contribution in [0.5, 0.6) is 17.4 Å². The maximum Gasteiger partial charge on any atom is 0.349 e. The molecule has 0 radical (unpaired) electrons. The number of benzene rings is 1. The zero-order chi connectivity index (χ0) is 29.7. The van der Waals surface area contributed by atoms with Gasteiger partial charge in [0.15, 0.2) is 17.2 Å². The molecule has 2 saturated carbocycles. The van der Waals surface area contributed by atoms with Crippen LogP contribution in [-0.4, -0.2) is 50.8 Å². The quantitative estimate of drug-likeness (QED) is 0.275. The highest BCUT2D eigenvalue weighted by Crippen LogP contribution is 2.40. The summed E-state index contributed by atoms with van der Waals surface area (Å²) in [5, 5.41) is 15.9. The Morgan fingerprint density at radius 3 is 2.41 bits per heavy atom. The molecule has 2 heterocycles. The third-order valence-electron chi connectivity index (χ3n) is 6.49. The number of hydrogen-bond acceptors (Lipinski definition) is 9. The van der Waals surface area contributed by atoms with Gasteiger partial charge in [-0.25, -0.2) is 27.0 Å². The van der Waals surface area contributed by atoms with Gasteiger partial charge in [0, 0.05) is 12.1 Å². The molecular weight excluding hydrogens is 613 g/mol. The minimum absolute atomic E-state index is 0.0182. The maximum atomic E-state index is 13.2. The van der Waals surface area contributed by atoms with E-state index in [9.17, 15) is 36.7 Å². The number of aromatic amines is 1. The van der Waals surface area contributed by atoms with E-state index in [4.69, 9.17) is 27.9 Å². The normalized spacial score (nSPS) is 16.3. The van der Waals surface area contributed by atoms with E-state index in [1.165, 1.54) is 0 Å². The number of nitrogens with zero attached hydrogens (tertiary/aromatic N) is 3. The minimum Gasteiger partial charge on any atom is -0.505 e. The van der Waals surface area contributed by atoms with Crippen LogP contribution in [0.3, 0.4) is 0 Å². The summed E-state index contributed by atoms with van der Waals surface area (Å²) >= 11 is 12.5. The number of hydrogen-bond donors (Lipinski definition) is 4. The van der Waals surface area contributed by atoms with Crippen molar-refractivity contribution in [3.05, 3.63) is 61.0 Å². The standard InChI is InChI=1S/C23H20Cl2F2N6O7S/c24-12-6-11(33-22(37)30-20(35)17(31-33)19(26)27)7-13(25)18(12)40-16-8-15(14(34)9-28-16)41(38,39)32-23(4-1-5-23)21(36)29-10-2-3-10/h6-10,19,32,34H,1-5H2,(H,29,36)(H,30,35,37). The lowest BCUT2D eigenvalue weighted by atomic mass is 9.77. The Balaban J connectivity index is 1.43. The van der Waals surface area contributed by atoms with Crippen molar-refractivity contribution in [1.29, 1.82) is 0 Å². The predicted octanol–water partition coefficient (Wildman–Crippen LogP) is 2.54. The number of aromatic nitrogens is 4. The molecule has 0 saturated heterocycles. The van der Waals surface area contributed by atoms with E-state index in [2.05, 4.69) is 20.1 Å². The lowest BCUT2D eigenvalue weighted by Crippen LogP contribution is -2.62. The topological polar surface area (TPSA) is 185 Å². The summed E-state index contributed by atoms with van der Waals surface area (Å²) in [6, 6.07) is 3.06. The first-order valence-corrected chi connectivity index (χ1v) is 14.3. The monoisotopic (exact) mass is 632 g/mol. The van der Waals surface area contributed by atoms with E-state index in [0.717, 1.165) is 37.2 Å². The molecule has 0 bridgehead atoms. The first-order chi connectivity index (χ1) is 19.3. The van der Waals surface area contributed by atoms with Gasteiger partial charge in [0.05, 0.1) is 21.9 Å². The van der Waals surface area contributed by atoms with Crippen molar-refractivity contribution >= 4 is 39.1 Å². The van der Waals surface area contributed by atoms with Gasteiger partial charge in [-0.15, -0.1) is 0 Å². The van der Waals surface area contributed by atoms with Crippen LogP contribution in [0.25, 0.3) is 5.69 Å². The Kier molecular flexibility index (Phi) is 7.52. The summed E-state index contributed by atoms with van der Waals surface area (Å²) < 4.78 is 61.1. The fourth-order valence-electron chi connectivity index (χ4n) is 4.05. The van der Waals surface area contributed by atoms with Gasteiger partial charge in [0.2, 0.25) is 21.8 Å². The van der Waals surface area contributed by atoms with E-state index in [-0.39, 0.29) is 46.2 Å². The van der Waals surface area contributed by atoms with E-state index >= 15 is 0 Å². The number of nitrogens with one attached hydrogen (secondary N) is 3. The van der Waals surface area contributed by atoms with Crippen LogP contribution in [0.4, 0.5) is 8.78 Å². The van der Waals surface area contributed by atoms with Gasteiger partial charge >= 0.3 is 5.69 Å². The van der Waals surface area contributed by atoms with Gasteiger partial charge < -0.3 is 15.2 Å². The minimum atomic E-state index is -4.45. The number of H-pyrrole nitrogens is 1. The predicted molar refractivity (Wildman–Crippen MR) is 139 cm³/mol. The van der Waals surface area contributed by atoms with Crippen LogP contribution in [0.1, 0.15) is 44.2 Å². The number of carbonyl (C=O) groups is 1. The van der Waals surface area contributed by atoms with Crippen LogP contribution in [0.2, 0.25) is 10.0 Å². The maximum absolute atomic E-state index is 13.2. The van der Waals surface area contributed by atoms with E-state index in [1.54, 1.807) is 4.98 Å². The third kappa shape index (κ3) is 5.77. The smallest absolute Gasteiger partial charge is 0.349 e. The molecule has 0 unspecified atom stereocenters. The fourth-order valence-corrected chi connectivity index (χ4v) is 6.11. The molecule has 0 spiro atoms. The number of pyridine rings is 1. The number of ether oxygens (including phenoxy) is 1. The number of halogens is 4. The SMILES string of the molecule is O=C(NC1CC1)C1(NS(=O)(=O)c2cc(Oc3c(Cl)cc(-n4nc(C(F)F)c(=O)[nH]c4=O)cc3Cl)ncc2O)CCC1. The van der Waals surface area contributed by atoms with Crippen molar-refractivity contribution in [1.82, 2.24) is 29.8 Å². The summed E-state index contributed by atoms with van der Waals surface area (Å²) in [6.45, 7) is 0. The molecule has 4 N–H and O–H groups in total. The van der Waals surface area contributed by atoms with Crippen molar-refractivity contribution in [2.24, 2.45) is 0 Å². The van der Waals surface area contributed by atoms with Gasteiger partial charge in [0.1, 0.15) is 10.4 Å². The lowest BCUT2D eigenvalue weighted by molar-refractivity contribution is -0.130. The molecule has 13 nitrogen and oxygen atoms in total. The van der Waals surface area contributed by atoms with Gasteiger partial charge in [-0.05, 0) is 44.2 Å². The second-order valence-corrected chi connectivity index (χ2v) is 11.9. The lowest BCUT2D eigenvalue weighted by Gasteiger charge is -2.40. The Labute approximate surface area is 239 Å². The van der Waals surface area contributed by atoms with E-state index in [0.29, 0.717) is 11.1 Å². The van der Waals surface area contributed by atoms with Gasteiger partial charge in [-0.2, -0.15) is 14.5 Å². The van der Waals surface area contributed by atoms with Gasteiger partial charge in [-0.1, -0.05) is 23.2 Å². The van der Waals surface area contributed by atoms with Crippen molar-refractivity contribution in [2.45, 2.75) is 55.0 Å². The number of sulfonamides is 1. The van der Waals surface area contributed by atoms with Gasteiger partial charge in [0.25, 0.3) is 12.0 Å². The number of aromatic hydroxyl groups is 1. The summed E-state index contributed by atoms with van der Waals surface area (Å²) in [7, 11) is -4.45. The molecule has 2 aromatic heterocycles. The average Bonchev–Trinajstić information content (AvgIpc) is 3.68. The Hall–Kier alpha value is -3.60. The molecule has 1 aromatic carbocycles. The Morgan fingerprint density at radius 1 is 1.20 bits per heavy atom. The molecule has 5 rings (SSSR count). The molecule has 218 valence electrons. The molecule has 2 aliphatic carbocycles. The van der Waals surface area contributed by atoms with Crippen LogP contribution in [0, 0.1) is 0 Å². The Bertz CT molecular complexity index is 1750. The molecule has 2 fully saturated rings. The summed E-state index contributed by atoms with van der Waals surface area (Å²) in [5.74, 6) is -1.79. The molecule has 41 heavy (non-hydrogen) atoms. The molecule has 18 heteroatoms. The van der Waals surface area contributed by atoms with Crippen molar-refractivity contribution in [2.75, 3.05) is 0 Å². The number of rotatable bonds is 9. The zero-order valence-electron chi connectivity index (χ0n) is 20.7. The summed E-state index contributed by atoms with van der Waals surface area (Å²) in [6.07, 6.45) is 0.379. The van der Waals surface area contributed by atoms with Crippen molar-refractivity contribution in [3.63, 3.8) is 0 Å². The molecule has 0 aliphatic heterocycles. The second kappa shape index (κ2) is 10.7. The fraction of sp³-hybridized carbons (Fsp3) is 0.348. The van der Waals surface area contributed by atoms with Crippen LogP contribution < -0.4 is 26.0 Å². The summed E-state index contributed by atoms with van der Waals surface area (Å²) in [4.78, 5) is 41.4. The largest absolute Gasteiger partial charge is 0.505 e. The number of amides is 1. The van der Waals surface area contributed by atoms with Gasteiger partial charge in [-0.3, -0.25) is 14.6 Å². The van der Waals surface area contributed by atoms with E-state index < -0.39 is 55.5 Å². The highest BCUT2D eigenvalue weighted by molar-refractivity contribution is 7.89. The second-order valence-electron chi connectivity index (χ2n) is 9.48. The Morgan fingerprint density at radius 2 is 1.85 bits per heavy atom. The molecular formula is C23H20Cl2F2N6O7S. The summed E-state index contributed by atoms with van der Waals surface area (Å²) in [5.41, 5.74) is -5.25. The van der Waals surface area contributed by atoms with E-state index in [1.807, 2.05) is 0 Å². The van der Waals surface area contributed by atoms with Crippen LogP contribution in [0.15, 0.2) is 38.9 Å². The molecule has 2 aliphatic rings. The number of alkyl halides is 2. The highest BCUT2D eigenvalue weighted by atomic mass is 35.5. The molecule has 0 atom stereocenters. The average molecular weight is 633 g/mol. The van der Waals surface area contributed by atoms with Crippen molar-refractivity contribution in [3.8, 4) is 23.1 Å². The van der Waals surface area contributed by atoms with Crippen LogP contribution in [-0.2, 0) is 14.8 Å². The number of carbonyl (C=O) groups excluding carboxylic acids is 1. The molecule has 1 amide bonds. The third-order valence-corrected chi connectivity index (χ3v) is 8.62. The molecule has 3 aromatic rings. The zero-order valence-corrected chi connectivity index (χ0v) is 23.0. The van der Waals surface area contributed by atoms with Crippen molar-refractivity contribution < 1.29 is 31.8 Å². The van der Waals surface area contributed by atoms with Crippen LogP contribution >= 0.6 is 23.2 Å². The highest BCUT2D eigenvalue weighted by Gasteiger charge is 2.49. The first-order valence-electron chi connectivity index (χ1n) is 12.0.